The van der Waals surface area contributed by atoms with E-state index in [9.17, 15) is 4.79 Å². The average Bonchev–Trinajstić information content (AvgIpc) is 2.70. The van der Waals surface area contributed by atoms with Gasteiger partial charge in [0, 0.05) is 12.4 Å². The van der Waals surface area contributed by atoms with Crippen molar-refractivity contribution in [1.82, 2.24) is 9.38 Å². The van der Waals surface area contributed by atoms with E-state index in [4.69, 9.17) is 5.26 Å². The van der Waals surface area contributed by atoms with Crippen LogP contribution in [0.5, 0.6) is 0 Å². The summed E-state index contributed by atoms with van der Waals surface area (Å²) in [6.45, 7) is 0. The number of rotatable bonds is 1. The second kappa shape index (κ2) is 3.42. The third kappa shape index (κ3) is 1.53. The first-order valence-electron chi connectivity index (χ1n) is 4.22. The predicted octanol–water partition coefficient (Wildman–Crippen LogP) is 0.993. The molecule has 2 rings (SSSR count). The quantitative estimate of drug-likeness (QED) is 0.645. The molecule has 0 unspecified atom stereocenters. The molecule has 0 aliphatic rings. The molecule has 0 aromatic carbocycles. The number of esters is 1. The third-order valence-corrected chi connectivity index (χ3v) is 1.98. The first kappa shape index (κ1) is 9.21. The van der Waals surface area contributed by atoms with Gasteiger partial charge in [0.2, 0.25) is 0 Å². The van der Waals surface area contributed by atoms with Crippen LogP contribution in [0.2, 0.25) is 0 Å². The molecule has 74 valence electrons. The molecule has 0 N–H and O–H groups in total. The van der Waals surface area contributed by atoms with Crippen LogP contribution in [0.4, 0.5) is 0 Å². The lowest BCUT2D eigenvalue weighted by atomic mass is 10.3. The van der Waals surface area contributed by atoms with Crippen LogP contribution in [0, 0.1) is 11.3 Å². The first-order chi connectivity index (χ1) is 7.24. The molecule has 0 atom stereocenters. The van der Waals surface area contributed by atoms with Crippen LogP contribution in [-0.2, 0) is 4.74 Å². The Hall–Kier alpha value is -2.35. The number of methoxy groups -OCH3 is 1. The molecule has 0 aliphatic carbocycles. The van der Waals surface area contributed by atoms with Gasteiger partial charge in [-0.05, 0) is 12.1 Å². The zero-order chi connectivity index (χ0) is 10.8. The number of hydrogen-bond acceptors (Lipinski definition) is 4. The van der Waals surface area contributed by atoms with E-state index in [-0.39, 0.29) is 5.69 Å². The molecule has 0 fully saturated rings. The summed E-state index contributed by atoms with van der Waals surface area (Å²) < 4.78 is 6.20. The number of imidazole rings is 1. The second-order valence-corrected chi connectivity index (χ2v) is 2.91. The van der Waals surface area contributed by atoms with Crippen LogP contribution in [0.15, 0.2) is 24.5 Å². The minimum Gasteiger partial charge on any atom is -0.464 e. The van der Waals surface area contributed by atoms with Crippen molar-refractivity contribution in [3.63, 3.8) is 0 Å². The number of pyridine rings is 1. The number of nitriles is 1. The lowest BCUT2D eigenvalue weighted by Gasteiger charge is -1.90. The fourth-order valence-electron chi connectivity index (χ4n) is 1.25. The number of ether oxygens (including phenoxy) is 1. The molecule has 0 bridgehead atoms. The normalized spacial score (nSPS) is 9.87. The molecule has 0 saturated carbocycles. The second-order valence-electron chi connectivity index (χ2n) is 2.91. The molecule has 0 saturated heterocycles. The van der Waals surface area contributed by atoms with Crippen LogP contribution in [-0.4, -0.2) is 22.5 Å². The monoisotopic (exact) mass is 201 g/mol. The zero-order valence-corrected chi connectivity index (χ0v) is 7.97. The summed E-state index contributed by atoms with van der Waals surface area (Å²) in [6, 6.07) is 5.25. The summed E-state index contributed by atoms with van der Waals surface area (Å²) in [5.74, 6) is -0.489. The van der Waals surface area contributed by atoms with Crippen molar-refractivity contribution in [1.29, 1.82) is 5.26 Å². The molecule has 15 heavy (non-hydrogen) atoms. The topological polar surface area (TPSA) is 67.4 Å². The molecule has 0 spiro atoms. The van der Waals surface area contributed by atoms with Gasteiger partial charge in [-0.25, -0.2) is 9.78 Å². The molecular weight excluding hydrogens is 194 g/mol. The van der Waals surface area contributed by atoms with E-state index in [0.717, 1.165) is 0 Å². The van der Waals surface area contributed by atoms with E-state index in [2.05, 4.69) is 9.72 Å². The van der Waals surface area contributed by atoms with Crippen LogP contribution >= 0.6 is 0 Å². The Balaban J connectivity index is 2.57. The maximum atomic E-state index is 11.2. The fourth-order valence-corrected chi connectivity index (χ4v) is 1.25. The van der Waals surface area contributed by atoms with Crippen molar-refractivity contribution in [3.05, 3.63) is 35.8 Å². The van der Waals surface area contributed by atoms with E-state index in [1.54, 1.807) is 28.9 Å². The van der Waals surface area contributed by atoms with Crippen molar-refractivity contribution in [3.8, 4) is 6.07 Å². The Bertz CT molecular complexity index is 566. The minimum atomic E-state index is -0.489. The first-order valence-corrected chi connectivity index (χ1v) is 4.22. The highest BCUT2D eigenvalue weighted by molar-refractivity contribution is 5.87. The highest BCUT2D eigenvalue weighted by atomic mass is 16.5. The van der Waals surface area contributed by atoms with Crippen molar-refractivity contribution in [2.24, 2.45) is 0 Å². The van der Waals surface area contributed by atoms with Crippen LogP contribution < -0.4 is 0 Å². The summed E-state index contributed by atoms with van der Waals surface area (Å²) in [5, 5.41) is 8.68. The van der Waals surface area contributed by atoms with Gasteiger partial charge in [-0.3, -0.25) is 0 Å². The van der Waals surface area contributed by atoms with Crippen molar-refractivity contribution in [2.75, 3.05) is 7.11 Å². The maximum absolute atomic E-state index is 11.2. The number of fused-ring (bicyclic) bond motifs is 1. The SMILES string of the molecule is COC(=O)c1cn2ccc(C#N)cc2n1. The lowest BCUT2D eigenvalue weighted by molar-refractivity contribution is 0.0595. The van der Waals surface area contributed by atoms with E-state index in [0.29, 0.717) is 11.2 Å². The Morgan fingerprint density at radius 1 is 1.67 bits per heavy atom. The van der Waals surface area contributed by atoms with Crippen LogP contribution in [0.1, 0.15) is 16.1 Å². The number of carbonyl (C=O) groups excluding carboxylic acids is 1. The van der Waals surface area contributed by atoms with Gasteiger partial charge >= 0.3 is 5.97 Å². The van der Waals surface area contributed by atoms with Crippen LogP contribution in [0.3, 0.4) is 0 Å². The largest absolute Gasteiger partial charge is 0.464 e. The van der Waals surface area contributed by atoms with Gasteiger partial charge in [-0.15, -0.1) is 0 Å². The Kier molecular flexibility index (Phi) is 2.10. The highest BCUT2D eigenvalue weighted by Gasteiger charge is 2.10. The third-order valence-electron chi connectivity index (χ3n) is 1.98. The highest BCUT2D eigenvalue weighted by Crippen LogP contribution is 2.08. The zero-order valence-electron chi connectivity index (χ0n) is 7.97. The van der Waals surface area contributed by atoms with Gasteiger partial charge in [0.05, 0.1) is 18.7 Å². The average molecular weight is 201 g/mol. The Morgan fingerprint density at radius 2 is 2.47 bits per heavy atom. The van der Waals surface area contributed by atoms with Gasteiger partial charge in [-0.1, -0.05) is 0 Å². The Morgan fingerprint density at radius 3 is 3.13 bits per heavy atom. The van der Waals surface area contributed by atoms with Gasteiger partial charge < -0.3 is 9.14 Å². The molecule has 5 nitrogen and oxygen atoms in total. The summed E-state index contributed by atoms with van der Waals surface area (Å²) in [4.78, 5) is 15.2. The molecule has 5 heteroatoms. The summed E-state index contributed by atoms with van der Waals surface area (Å²) in [5.41, 5.74) is 1.28. The number of carbonyl (C=O) groups is 1. The van der Waals surface area contributed by atoms with Gasteiger partial charge in [0.1, 0.15) is 5.65 Å². The Labute approximate surface area is 85.5 Å². The summed E-state index contributed by atoms with van der Waals surface area (Å²) in [7, 11) is 1.30. The fraction of sp³-hybridized carbons (Fsp3) is 0.100. The van der Waals surface area contributed by atoms with Crippen molar-refractivity contribution < 1.29 is 9.53 Å². The van der Waals surface area contributed by atoms with E-state index in [1.165, 1.54) is 7.11 Å². The molecule has 0 radical (unpaired) electrons. The number of hydrogen-bond donors (Lipinski definition) is 0. The standard InChI is InChI=1S/C10H7N3O2/c1-15-10(14)8-6-13-3-2-7(5-11)4-9(13)12-8/h2-4,6H,1H3. The van der Waals surface area contributed by atoms with E-state index < -0.39 is 5.97 Å². The molecule has 0 aliphatic heterocycles. The predicted molar refractivity (Wildman–Crippen MR) is 51.2 cm³/mol. The molecule has 2 aromatic rings. The lowest BCUT2D eigenvalue weighted by Crippen LogP contribution is -2.00. The summed E-state index contributed by atoms with van der Waals surface area (Å²) in [6.07, 6.45) is 3.23. The number of aromatic nitrogens is 2. The van der Waals surface area contributed by atoms with Gasteiger partial charge in [0.15, 0.2) is 5.69 Å². The minimum absolute atomic E-state index is 0.229. The van der Waals surface area contributed by atoms with Gasteiger partial charge in [-0.2, -0.15) is 5.26 Å². The smallest absolute Gasteiger partial charge is 0.358 e. The summed E-state index contributed by atoms with van der Waals surface area (Å²) >= 11 is 0. The molecule has 0 amide bonds. The van der Waals surface area contributed by atoms with E-state index >= 15 is 0 Å². The molecule has 2 aromatic heterocycles. The number of nitrogens with zero attached hydrogens (tertiary/aromatic N) is 3. The van der Waals surface area contributed by atoms with Crippen molar-refractivity contribution >= 4 is 11.6 Å². The van der Waals surface area contributed by atoms with Gasteiger partial charge in [0.25, 0.3) is 0 Å². The molecular formula is C10H7N3O2. The maximum Gasteiger partial charge on any atom is 0.358 e. The van der Waals surface area contributed by atoms with Crippen molar-refractivity contribution in [2.45, 2.75) is 0 Å². The van der Waals surface area contributed by atoms with E-state index in [1.807, 2.05) is 6.07 Å². The van der Waals surface area contributed by atoms with Crippen LogP contribution in [0.25, 0.3) is 5.65 Å². The molecule has 2 heterocycles.